The Morgan fingerprint density at radius 3 is 1.86 bits per heavy atom. The standard InChI is InChI=1S/C31H38N4O8/c1-13-27(40-5)16-10-19-24-23-17(28(41-6)14(2)30(43-8)26(23)38)9-18(34(24)4)20(11-32)35(19)21(12-33-31(39)15(3)36)22(16)25(37)29(13)42-7/h18-21,24,37-38H,9-10,12H2,1-8H3,(H,33,39)/t18-,19+,20+,21+,24-/m1/s1. The van der Waals surface area contributed by atoms with E-state index >= 15 is 0 Å². The van der Waals surface area contributed by atoms with Gasteiger partial charge in [0.25, 0.3) is 5.91 Å². The van der Waals surface area contributed by atoms with E-state index in [4.69, 9.17) is 18.9 Å². The number of nitrogens with one attached hydrogen (secondary N) is 1. The number of piperazine rings is 1. The predicted octanol–water partition coefficient (Wildman–Crippen LogP) is 2.23. The number of amides is 1. The van der Waals surface area contributed by atoms with Crippen LogP contribution in [0.15, 0.2) is 0 Å². The van der Waals surface area contributed by atoms with Crippen molar-refractivity contribution in [2.24, 2.45) is 0 Å². The lowest BCUT2D eigenvalue weighted by atomic mass is 9.71. The van der Waals surface area contributed by atoms with E-state index in [0.717, 1.165) is 5.56 Å². The lowest BCUT2D eigenvalue weighted by molar-refractivity contribution is -0.137. The number of hydrogen-bond donors (Lipinski definition) is 3. The van der Waals surface area contributed by atoms with Crippen molar-refractivity contribution in [3.8, 4) is 40.6 Å². The number of likely N-dealkylation sites (N-methyl/N-ethyl adjacent to an activating group) is 1. The van der Waals surface area contributed by atoms with Gasteiger partial charge in [0.15, 0.2) is 23.0 Å². The van der Waals surface area contributed by atoms with E-state index in [1.165, 1.54) is 21.1 Å². The van der Waals surface area contributed by atoms with E-state index in [9.17, 15) is 25.1 Å². The number of carbonyl (C=O) groups excluding carboxylic acids is 2. The fourth-order valence-corrected chi connectivity index (χ4v) is 7.73. The van der Waals surface area contributed by atoms with Crippen LogP contribution in [0.2, 0.25) is 0 Å². The largest absolute Gasteiger partial charge is 0.504 e. The average molecular weight is 595 g/mol. The molecule has 0 aliphatic carbocycles. The van der Waals surface area contributed by atoms with Crippen molar-refractivity contribution in [2.75, 3.05) is 42.0 Å². The van der Waals surface area contributed by atoms with Gasteiger partial charge in [-0.2, -0.15) is 5.26 Å². The molecule has 43 heavy (non-hydrogen) atoms. The van der Waals surface area contributed by atoms with E-state index < -0.39 is 35.9 Å². The highest BCUT2D eigenvalue weighted by Gasteiger charge is 2.57. The number of phenolic OH excluding ortho intramolecular Hbond substituents is 2. The summed E-state index contributed by atoms with van der Waals surface area (Å²) in [5.41, 5.74) is 3.90. The Morgan fingerprint density at radius 1 is 0.884 bits per heavy atom. The molecule has 12 heteroatoms. The van der Waals surface area contributed by atoms with Crippen LogP contribution in [0, 0.1) is 25.2 Å². The molecule has 3 aliphatic rings. The van der Waals surface area contributed by atoms with Gasteiger partial charge in [-0.25, -0.2) is 0 Å². The topological polar surface area (TPSA) is 154 Å². The normalized spacial score (nSPS) is 24.1. The van der Waals surface area contributed by atoms with Crippen LogP contribution in [-0.4, -0.2) is 91.9 Å². The molecule has 2 aromatic carbocycles. The Morgan fingerprint density at radius 2 is 1.37 bits per heavy atom. The summed E-state index contributed by atoms with van der Waals surface area (Å²) in [6.45, 7) is 4.73. The molecular formula is C31H38N4O8. The van der Waals surface area contributed by atoms with Crippen LogP contribution in [-0.2, 0) is 22.4 Å². The molecule has 0 spiro atoms. The number of Topliss-reactive ketones (excluding diaryl/α,β-unsaturated/α-hetero) is 1. The van der Waals surface area contributed by atoms with Crippen LogP contribution in [0.1, 0.15) is 52.4 Å². The number of aromatic hydroxyl groups is 2. The van der Waals surface area contributed by atoms with Gasteiger partial charge >= 0.3 is 0 Å². The van der Waals surface area contributed by atoms with Crippen LogP contribution in [0.25, 0.3) is 0 Å². The number of fused-ring (bicyclic) bond motifs is 7. The first kappa shape index (κ1) is 30.3. The molecule has 12 nitrogen and oxygen atoms in total. The van der Waals surface area contributed by atoms with Gasteiger partial charge in [0.2, 0.25) is 5.78 Å². The Bertz CT molecular complexity index is 1550. The number of hydrogen-bond acceptors (Lipinski definition) is 11. The Kier molecular flexibility index (Phi) is 7.83. The molecule has 1 amide bonds. The Labute approximate surface area is 250 Å². The molecule has 2 aromatic rings. The van der Waals surface area contributed by atoms with Crippen molar-refractivity contribution in [3.63, 3.8) is 0 Å². The number of ketones is 1. The van der Waals surface area contributed by atoms with Crippen molar-refractivity contribution >= 4 is 11.7 Å². The zero-order chi connectivity index (χ0) is 31.5. The van der Waals surface area contributed by atoms with E-state index in [1.807, 2.05) is 18.9 Å². The first-order valence-corrected chi connectivity index (χ1v) is 14.1. The highest BCUT2D eigenvalue weighted by Crippen LogP contribution is 2.58. The summed E-state index contributed by atoms with van der Waals surface area (Å²) in [4.78, 5) is 28.5. The number of benzene rings is 2. The van der Waals surface area contributed by atoms with Crippen LogP contribution < -0.4 is 24.3 Å². The van der Waals surface area contributed by atoms with Crippen molar-refractivity contribution in [1.29, 1.82) is 5.26 Å². The molecule has 3 N–H and O–H groups in total. The molecule has 0 aromatic heterocycles. The van der Waals surface area contributed by atoms with Gasteiger partial charge in [-0.05, 0) is 33.7 Å². The Hall–Kier alpha value is -4.21. The maximum Gasteiger partial charge on any atom is 0.287 e. The van der Waals surface area contributed by atoms with Crippen LogP contribution >= 0.6 is 0 Å². The predicted molar refractivity (Wildman–Crippen MR) is 155 cm³/mol. The van der Waals surface area contributed by atoms with E-state index in [1.54, 1.807) is 21.1 Å². The number of methoxy groups -OCH3 is 4. The third-order valence-corrected chi connectivity index (χ3v) is 9.44. The van der Waals surface area contributed by atoms with E-state index in [0.29, 0.717) is 57.9 Å². The molecule has 230 valence electrons. The summed E-state index contributed by atoms with van der Waals surface area (Å²) >= 11 is 0. The fraction of sp³-hybridized carbons (Fsp3) is 0.516. The third kappa shape index (κ3) is 4.24. The summed E-state index contributed by atoms with van der Waals surface area (Å²) in [5.74, 6) is 0.136. The van der Waals surface area contributed by atoms with E-state index in [-0.39, 0.29) is 29.8 Å². The zero-order valence-electron chi connectivity index (χ0n) is 25.7. The van der Waals surface area contributed by atoms with Crippen molar-refractivity contribution in [2.45, 2.75) is 63.8 Å². The highest BCUT2D eigenvalue weighted by molar-refractivity contribution is 6.35. The summed E-state index contributed by atoms with van der Waals surface area (Å²) < 4.78 is 22.9. The first-order valence-electron chi connectivity index (χ1n) is 14.1. The molecule has 2 bridgehead atoms. The maximum atomic E-state index is 12.5. The summed E-state index contributed by atoms with van der Waals surface area (Å²) in [5, 5.41) is 36.7. The second-order valence-electron chi connectivity index (χ2n) is 11.3. The number of phenols is 2. The van der Waals surface area contributed by atoms with Crippen molar-refractivity contribution in [3.05, 3.63) is 33.4 Å². The van der Waals surface area contributed by atoms with Gasteiger partial charge in [-0.1, -0.05) is 0 Å². The lowest BCUT2D eigenvalue weighted by Gasteiger charge is -2.60. The van der Waals surface area contributed by atoms with Gasteiger partial charge < -0.3 is 34.5 Å². The second-order valence-corrected chi connectivity index (χ2v) is 11.3. The van der Waals surface area contributed by atoms with Gasteiger partial charge in [-0.3, -0.25) is 19.4 Å². The molecule has 5 atom stereocenters. The monoisotopic (exact) mass is 594 g/mol. The smallest absolute Gasteiger partial charge is 0.287 e. The average Bonchev–Trinajstić information content (AvgIpc) is 2.97. The molecule has 5 rings (SSSR count). The zero-order valence-corrected chi connectivity index (χ0v) is 25.7. The van der Waals surface area contributed by atoms with Gasteiger partial charge in [0, 0.05) is 58.9 Å². The van der Waals surface area contributed by atoms with Gasteiger partial charge in [0.05, 0.1) is 46.6 Å². The molecule has 0 radical (unpaired) electrons. The summed E-state index contributed by atoms with van der Waals surface area (Å²) in [6, 6.07) is -0.124. The quantitative estimate of drug-likeness (QED) is 0.405. The minimum absolute atomic E-state index is 0.00871. The minimum atomic E-state index is -0.773. The van der Waals surface area contributed by atoms with Gasteiger partial charge in [-0.15, -0.1) is 0 Å². The second kappa shape index (κ2) is 11.1. The number of carbonyl (C=O) groups is 2. The SMILES string of the molecule is COc1c(C)c(OC)c2c(c1O)[C@H]1[C@@H]3Cc4c(OC)c(C)c(OC)c(O)c4[C@H](CNC(=O)C(C)=O)N3[C@@H](C#N)[C@@H](C2)N1C. The van der Waals surface area contributed by atoms with Crippen LogP contribution in [0.5, 0.6) is 34.5 Å². The number of nitrogens with zero attached hydrogens (tertiary/aromatic N) is 3. The van der Waals surface area contributed by atoms with Crippen LogP contribution in [0.3, 0.4) is 0 Å². The molecule has 0 unspecified atom stereocenters. The third-order valence-electron chi connectivity index (χ3n) is 9.44. The van der Waals surface area contributed by atoms with Gasteiger partial charge in [0.1, 0.15) is 17.5 Å². The lowest BCUT2D eigenvalue weighted by Crippen LogP contribution is -2.68. The number of nitriles is 1. The fourth-order valence-electron chi connectivity index (χ4n) is 7.73. The van der Waals surface area contributed by atoms with E-state index in [2.05, 4.69) is 16.3 Å². The molecule has 1 saturated heterocycles. The Balaban J connectivity index is 1.81. The first-order chi connectivity index (χ1) is 20.5. The number of ether oxygens (including phenoxy) is 4. The summed E-state index contributed by atoms with van der Waals surface area (Å²) in [6.07, 6.45) is 0.739. The minimum Gasteiger partial charge on any atom is -0.504 e. The van der Waals surface area contributed by atoms with Crippen LogP contribution in [0.4, 0.5) is 0 Å². The molecule has 3 aliphatic heterocycles. The summed E-state index contributed by atoms with van der Waals surface area (Å²) in [7, 11) is 8.01. The molecular weight excluding hydrogens is 556 g/mol. The number of rotatable bonds is 7. The van der Waals surface area contributed by atoms with Crippen molar-refractivity contribution < 1.29 is 38.7 Å². The molecule has 0 saturated carbocycles. The molecule has 3 heterocycles. The molecule has 1 fully saturated rings. The highest BCUT2D eigenvalue weighted by atomic mass is 16.5. The maximum absolute atomic E-state index is 12.5. The van der Waals surface area contributed by atoms with Crippen molar-refractivity contribution in [1.82, 2.24) is 15.1 Å².